The third kappa shape index (κ3) is 3.74. The van der Waals surface area contributed by atoms with Gasteiger partial charge in [-0.3, -0.25) is 0 Å². The zero-order valence-electron chi connectivity index (χ0n) is 12.8. The number of hydrogen-bond donors (Lipinski definition) is 0. The lowest BCUT2D eigenvalue weighted by Crippen LogP contribution is -2.35. The SMILES string of the molecule is CCC[C@H]1O[C@@H](c2ccc(OCC)cc2)OC[C@H]1CC. The quantitative estimate of drug-likeness (QED) is 0.775. The minimum absolute atomic E-state index is 0.231. The molecule has 2 rings (SSSR count). The minimum atomic E-state index is -0.231. The van der Waals surface area contributed by atoms with Gasteiger partial charge in [0.25, 0.3) is 0 Å². The molecular formula is C17H26O3. The molecule has 1 aliphatic rings. The highest BCUT2D eigenvalue weighted by Gasteiger charge is 2.30. The van der Waals surface area contributed by atoms with E-state index in [4.69, 9.17) is 14.2 Å². The molecule has 3 heteroatoms. The third-order valence-corrected chi connectivity index (χ3v) is 3.85. The fraction of sp³-hybridized carbons (Fsp3) is 0.647. The van der Waals surface area contributed by atoms with Gasteiger partial charge in [-0.15, -0.1) is 0 Å². The summed E-state index contributed by atoms with van der Waals surface area (Å²) in [4.78, 5) is 0. The first kappa shape index (κ1) is 15.3. The maximum atomic E-state index is 6.15. The lowest BCUT2D eigenvalue weighted by atomic mass is 9.95. The normalized spacial score (nSPS) is 26.4. The summed E-state index contributed by atoms with van der Waals surface area (Å²) >= 11 is 0. The van der Waals surface area contributed by atoms with E-state index in [1.54, 1.807) is 0 Å². The molecule has 0 radical (unpaired) electrons. The maximum absolute atomic E-state index is 6.15. The fourth-order valence-corrected chi connectivity index (χ4v) is 2.66. The zero-order valence-corrected chi connectivity index (χ0v) is 12.8. The Balaban J connectivity index is 2.01. The average molecular weight is 278 g/mol. The van der Waals surface area contributed by atoms with Crippen LogP contribution in [0.4, 0.5) is 0 Å². The molecule has 0 saturated carbocycles. The molecule has 0 bridgehead atoms. The second-order valence-electron chi connectivity index (χ2n) is 5.30. The van der Waals surface area contributed by atoms with Crippen LogP contribution in [0, 0.1) is 5.92 Å². The van der Waals surface area contributed by atoms with Gasteiger partial charge < -0.3 is 14.2 Å². The van der Waals surface area contributed by atoms with Gasteiger partial charge in [0.05, 0.1) is 19.3 Å². The molecule has 0 unspecified atom stereocenters. The van der Waals surface area contributed by atoms with Crippen molar-refractivity contribution in [3.8, 4) is 5.75 Å². The molecule has 20 heavy (non-hydrogen) atoms. The Morgan fingerprint density at radius 1 is 1.15 bits per heavy atom. The van der Waals surface area contributed by atoms with Crippen LogP contribution in [0.5, 0.6) is 5.75 Å². The number of ether oxygens (including phenoxy) is 3. The van der Waals surface area contributed by atoms with Crippen LogP contribution in [0.2, 0.25) is 0 Å². The molecule has 3 atom stereocenters. The van der Waals surface area contributed by atoms with Crippen molar-refractivity contribution in [1.82, 2.24) is 0 Å². The summed E-state index contributed by atoms with van der Waals surface area (Å²) in [5.74, 6) is 1.41. The molecular weight excluding hydrogens is 252 g/mol. The van der Waals surface area contributed by atoms with Gasteiger partial charge in [0.1, 0.15) is 5.75 Å². The molecule has 1 aromatic carbocycles. The summed E-state index contributed by atoms with van der Waals surface area (Å²) in [7, 11) is 0. The van der Waals surface area contributed by atoms with Crippen molar-refractivity contribution in [2.75, 3.05) is 13.2 Å². The predicted molar refractivity (Wildman–Crippen MR) is 79.9 cm³/mol. The highest BCUT2D eigenvalue weighted by Crippen LogP contribution is 2.33. The van der Waals surface area contributed by atoms with Crippen molar-refractivity contribution in [2.24, 2.45) is 5.92 Å². The van der Waals surface area contributed by atoms with Crippen LogP contribution >= 0.6 is 0 Å². The van der Waals surface area contributed by atoms with E-state index < -0.39 is 0 Å². The minimum Gasteiger partial charge on any atom is -0.494 e. The van der Waals surface area contributed by atoms with E-state index in [0.29, 0.717) is 18.6 Å². The Hall–Kier alpha value is -1.06. The Labute approximate surface area is 122 Å². The first-order valence-electron chi connectivity index (χ1n) is 7.78. The first-order chi connectivity index (χ1) is 9.78. The maximum Gasteiger partial charge on any atom is 0.184 e. The molecule has 0 spiro atoms. The van der Waals surface area contributed by atoms with Gasteiger partial charge >= 0.3 is 0 Å². The molecule has 1 aromatic rings. The van der Waals surface area contributed by atoms with Crippen molar-refractivity contribution in [2.45, 2.75) is 52.4 Å². The largest absolute Gasteiger partial charge is 0.494 e. The van der Waals surface area contributed by atoms with Crippen molar-refractivity contribution in [3.63, 3.8) is 0 Å². The van der Waals surface area contributed by atoms with Crippen LogP contribution in [0.3, 0.4) is 0 Å². The van der Waals surface area contributed by atoms with Crippen molar-refractivity contribution in [1.29, 1.82) is 0 Å². The second kappa shape index (κ2) is 7.65. The Morgan fingerprint density at radius 2 is 1.90 bits per heavy atom. The van der Waals surface area contributed by atoms with Crippen LogP contribution in [0.1, 0.15) is 51.9 Å². The molecule has 0 aliphatic carbocycles. The highest BCUT2D eigenvalue weighted by atomic mass is 16.7. The lowest BCUT2D eigenvalue weighted by Gasteiger charge is -2.36. The van der Waals surface area contributed by atoms with E-state index in [-0.39, 0.29) is 6.29 Å². The Bertz CT molecular complexity index is 388. The molecule has 1 heterocycles. The van der Waals surface area contributed by atoms with Crippen LogP contribution in [-0.2, 0) is 9.47 Å². The highest BCUT2D eigenvalue weighted by molar-refractivity contribution is 5.28. The van der Waals surface area contributed by atoms with Gasteiger partial charge in [0.2, 0.25) is 0 Å². The van der Waals surface area contributed by atoms with Gasteiger partial charge in [0.15, 0.2) is 6.29 Å². The van der Waals surface area contributed by atoms with Gasteiger partial charge in [-0.2, -0.15) is 0 Å². The van der Waals surface area contributed by atoms with Crippen LogP contribution in [0.15, 0.2) is 24.3 Å². The van der Waals surface area contributed by atoms with E-state index in [0.717, 1.165) is 37.2 Å². The lowest BCUT2D eigenvalue weighted by molar-refractivity contribution is -0.243. The smallest absolute Gasteiger partial charge is 0.184 e. The third-order valence-electron chi connectivity index (χ3n) is 3.85. The summed E-state index contributed by atoms with van der Waals surface area (Å²) in [5, 5.41) is 0. The van der Waals surface area contributed by atoms with Crippen molar-refractivity contribution >= 4 is 0 Å². The van der Waals surface area contributed by atoms with Gasteiger partial charge in [-0.05, 0) is 31.9 Å². The Kier molecular flexibility index (Phi) is 5.86. The van der Waals surface area contributed by atoms with Crippen LogP contribution in [-0.4, -0.2) is 19.3 Å². The average Bonchev–Trinajstić information content (AvgIpc) is 2.49. The Morgan fingerprint density at radius 3 is 2.50 bits per heavy atom. The summed E-state index contributed by atoms with van der Waals surface area (Å²) in [6.45, 7) is 7.88. The summed E-state index contributed by atoms with van der Waals surface area (Å²) in [5.41, 5.74) is 1.07. The summed E-state index contributed by atoms with van der Waals surface area (Å²) in [6, 6.07) is 8.02. The van der Waals surface area contributed by atoms with Crippen molar-refractivity contribution in [3.05, 3.63) is 29.8 Å². The van der Waals surface area contributed by atoms with E-state index in [9.17, 15) is 0 Å². The number of benzene rings is 1. The molecule has 0 aromatic heterocycles. The monoisotopic (exact) mass is 278 g/mol. The van der Waals surface area contributed by atoms with Gasteiger partial charge in [0, 0.05) is 11.5 Å². The van der Waals surface area contributed by atoms with E-state index in [1.165, 1.54) is 0 Å². The molecule has 0 amide bonds. The molecule has 3 nitrogen and oxygen atoms in total. The van der Waals surface area contributed by atoms with Crippen molar-refractivity contribution < 1.29 is 14.2 Å². The second-order valence-corrected chi connectivity index (χ2v) is 5.30. The molecule has 1 saturated heterocycles. The van der Waals surface area contributed by atoms with E-state index >= 15 is 0 Å². The summed E-state index contributed by atoms with van der Waals surface area (Å²) in [6.07, 6.45) is 3.45. The van der Waals surface area contributed by atoms with E-state index in [2.05, 4.69) is 13.8 Å². The molecule has 112 valence electrons. The zero-order chi connectivity index (χ0) is 14.4. The molecule has 0 N–H and O–H groups in total. The first-order valence-corrected chi connectivity index (χ1v) is 7.78. The van der Waals surface area contributed by atoms with Gasteiger partial charge in [-0.25, -0.2) is 0 Å². The standard InChI is InChI=1S/C17H26O3/c1-4-7-16-13(5-2)12-19-17(20-16)14-8-10-15(11-9-14)18-6-3/h8-11,13,16-17H,4-7,12H2,1-3H3/t13-,16-,17+/m1/s1. The molecule has 1 fully saturated rings. The topological polar surface area (TPSA) is 27.7 Å². The van der Waals surface area contributed by atoms with Crippen LogP contribution < -0.4 is 4.74 Å². The van der Waals surface area contributed by atoms with E-state index in [1.807, 2.05) is 31.2 Å². The van der Waals surface area contributed by atoms with Gasteiger partial charge in [-0.1, -0.05) is 32.4 Å². The predicted octanol–water partition coefficient (Wildman–Crippen LogP) is 4.33. The number of hydrogen-bond acceptors (Lipinski definition) is 3. The molecule has 1 aliphatic heterocycles. The van der Waals surface area contributed by atoms with Crippen LogP contribution in [0.25, 0.3) is 0 Å². The number of rotatable bonds is 6. The summed E-state index contributed by atoms with van der Waals surface area (Å²) < 4.78 is 17.5. The fourth-order valence-electron chi connectivity index (χ4n) is 2.66.